The fourth-order valence-corrected chi connectivity index (χ4v) is 1.70. The number of nitrogens with zero attached hydrogens (tertiary/aromatic N) is 1. The van der Waals surface area contributed by atoms with Crippen LogP contribution in [0, 0.1) is 5.92 Å². The van der Waals surface area contributed by atoms with Crippen molar-refractivity contribution in [2.45, 2.75) is 26.2 Å². The fraction of sp³-hybridized carbons (Fsp3) is 0.778. The molecule has 1 amide bonds. The van der Waals surface area contributed by atoms with E-state index in [-0.39, 0.29) is 18.2 Å². The topological polar surface area (TPSA) is 57.6 Å². The van der Waals surface area contributed by atoms with E-state index >= 15 is 0 Å². The highest BCUT2D eigenvalue weighted by Crippen LogP contribution is 2.20. The van der Waals surface area contributed by atoms with Crippen molar-refractivity contribution in [2.75, 3.05) is 13.1 Å². The number of carbonyl (C=O) groups is 2. The molecule has 74 valence electrons. The van der Waals surface area contributed by atoms with E-state index in [9.17, 15) is 9.59 Å². The normalized spacial score (nSPS) is 18.7. The highest BCUT2D eigenvalue weighted by molar-refractivity contribution is 5.73. The molecule has 1 fully saturated rings. The smallest absolute Gasteiger partial charge is 0.303 e. The van der Waals surface area contributed by atoms with E-state index in [4.69, 9.17) is 5.11 Å². The Hall–Kier alpha value is -1.06. The number of likely N-dealkylation sites (tertiary alicyclic amines) is 1. The predicted octanol–water partition coefficient (Wildman–Crippen LogP) is 0.720. The second-order valence-corrected chi connectivity index (χ2v) is 3.55. The van der Waals surface area contributed by atoms with Gasteiger partial charge in [-0.3, -0.25) is 9.59 Å². The monoisotopic (exact) mass is 185 g/mol. The Kier molecular flexibility index (Phi) is 3.28. The first kappa shape index (κ1) is 10.0. The van der Waals surface area contributed by atoms with Crippen LogP contribution in [-0.4, -0.2) is 35.0 Å². The molecule has 1 heterocycles. The second-order valence-electron chi connectivity index (χ2n) is 3.55. The predicted molar refractivity (Wildman–Crippen MR) is 47.2 cm³/mol. The van der Waals surface area contributed by atoms with Gasteiger partial charge < -0.3 is 10.0 Å². The van der Waals surface area contributed by atoms with Crippen molar-refractivity contribution < 1.29 is 14.7 Å². The molecule has 4 nitrogen and oxygen atoms in total. The first-order valence-corrected chi connectivity index (χ1v) is 4.57. The Labute approximate surface area is 77.5 Å². The van der Waals surface area contributed by atoms with Crippen LogP contribution < -0.4 is 0 Å². The van der Waals surface area contributed by atoms with E-state index in [0.717, 1.165) is 12.8 Å². The van der Waals surface area contributed by atoms with E-state index < -0.39 is 5.97 Å². The lowest BCUT2D eigenvalue weighted by Crippen LogP contribution is -2.37. The van der Waals surface area contributed by atoms with Crippen LogP contribution in [-0.2, 0) is 9.59 Å². The second kappa shape index (κ2) is 4.25. The number of rotatable bonds is 2. The number of hydrogen-bond acceptors (Lipinski definition) is 2. The molecule has 1 N–H and O–H groups in total. The molecule has 0 spiro atoms. The molecule has 0 radical (unpaired) electrons. The molecule has 0 aromatic rings. The standard InChI is InChI=1S/C9H15NO3/c1-7(11)10-4-2-8(3-5-10)6-9(12)13/h8H,2-6H2,1H3,(H,12,13). The summed E-state index contributed by atoms with van der Waals surface area (Å²) in [6, 6.07) is 0. The molecule has 0 saturated carbocycles. The van der Waals surface area contributed by atoms with Crippen LogP contribution in [0.1, 0.15) is 26.2 Å². The number of aliphatic carboxylic acids is 1. The van der Waals surface area contributed by atoms with E-state index in [1.807, 2.05) is 0 Å². The lowest BCUT2D eigenvalue weighted by molar-refractivity contribution is -0.138. The van der Waals surface area contributed by atoms with Crippen molar-refractivity contribution in [1.29, 1.82) is 0 Å². The molecular weight excluding hydrogens is 170 g/mol. The fourth-order valence-electron chi connectivity index (χ4n) is 1.70. The summed E-state index contributed by atoms with van der Waals surface area (Å²) in [4.78, 5) is 23.1. The van der Waals surface area contributed by atoms with Gasteiger partial charge in [0.15, 0.2) is 0 Å². The summed E-state index contributed by atoms with van der Waals surface area (Å²) in [6.45, 7) is 2.98. The average molecular weight is 185 g/mol. The first-order valence-electron chi connectivity index (χ1n) is 4.57. The summed E-state index contributed by atoms with van der Waals surface area (Å²) in [5, 5.41) is 8.56. The van der Waals surface area contributed by atoms with E-state index in [2.05, 4.69) is 0 Å². The number of piperidine rings is 1. The summed E-state index contributed by atoms with van der Waals surface area (Å²) in [7, 11) is 0. The molecule has 1 rings (SSSR count). The minimum atomic E-state index is -0.735. The van der Waals surface area contributed by atoms with Gasteiger partial charge in [-0.25, -0.2) is 0 Å². The van der Waals surface area contributed by atoms with Crippen LogP contribution in [0.4, 0.5) is 0 Å². The molecular formula is C9H15NO3. The van der Waals surface area contributed by atoms with E-state index in [1.54, 1.807) is 11.8 Å². The number of hydrogen-bond donors (Lipinski definition) is 1. The lowest BCUT2D eigenvalue weighted by atomic mass is 9.94. The van der Waals surface area contributed by atoms with Gasteiger partial charge in [-0.1, -0.05) is 0 Å². The molecule has 0 bridgehead atoms. The van der Waals surface area contributed by atoms with Crippen LogP contribution in [0.15, 0.2) is 0 Å². The summed E-state index contributed by atoms with van der Waals surface area (Å²) in [5.41, 5.74) is 0. The minimum absolute atomic E-state index is 0.0915. The SMILES string of the molecule is CC(=O)N1CCC(CC(=O)O)CC1. The first-order chi connectivity index (χ1) is 6.09. The van der Waals surface area contributed by atoms with Crippen molar-refractivity contribution >= 4 is 11.9 Å². The van der Waals surface area contributed by atoms with Gasteiger partial charge in [-0.15, -0.1) is 0 Å². The summed E-state index contributed by atoms with van der Waals surface area (Å²) < 4.78 is 0. The summed E-state index contributed by atoms with van der Waals surface area (Å²) in [5.74, 6) is -0.386. The molecule has 1 aliphatic heterocycles. The zero-order valence-electron chi connectivity index (χ0n) is 7.82. The van der Waals surface area contributed by atoms with Crippen LogP contribution in [0.2, 0.25) is 0 Å². The third-order valence-corrected chi connectivity index (χ3v) is 2.52. The van der Waals surface area contributed by atoms with Crippen LogP contribution >= 0.6 is 0 Å². The van der Waals surface area contributed by atoms with Crippen molar-refractivity contribution in [3.63, 3.8) is 0 Å². The Bertz CT molecular complexity index is 207. The van der Waals surface area contributed by atoms with Gasteiger partial charge in [0.25, 0.3) is 0 Å². The molecule has 0 aromatic heterocycles. The number of carboxylic acid groups (broad SMARTS) is 1. The Morgan fingerprint density at radius 3 is 2.31 bits per heavy atom. The van der Waals surface area contributed by atoms with Gasteiger partial charge in [0, 0.05) is 26.4 Å². The Balaban J connectivity index is 2.30. The van der Waals surface area contributed by atoms with Gasteiger partial charge in [0.05, 0.1) is 0 Å². The molecule has 13 heavy (non-hydrogen) atoms. The lowest BCUT2D eigenvalue weighted by Gasteiger charge is -2.30. The van der Waals surface area contributed by atoms with Crippen LogP contribution in [0.3, 0.4) is 0 Å². The van der Waals surface area contributed by atoms with Gasteiger partial charge in [-0.05, 0) is 18.8 Å². The third kappa shape index (κ3) is 3.05. The minimum Gasteiger partial charge on any atom is -0.481 e. The molecule has 0 aromatic carbocycles. The van der Waals surface area contributed by atoms with Crippen LogP contribution in [0.5, 0.6) is 0 Å². The molecule has 0 atom stereocenters. The Morgan fingerprint density at radius 1 is 1.38 bits per heavy atom. The van der Waals surface area contributed by atoms with Gasteiger partial charge in [0.1, 0.15) is 0 Å². The maximum absolute atomic E-state index is 10.9. The zero-order valence-corrected chi connectivity index (χ0v) is 7.82. The largest absolute Gasteiger partial charge is 0.481 e. The maximum Gasteiger partial charge on any atom is 0.303 e. The van der Waals surface area contributed by atoms with E-state index in [1.165, 1.54) is 0 Å². The highest BCUT2D eigenvalue weighted by Gasteiger charge is 2.22. The van der Waals surface area contributed by atoms with Gasteiger partial charge in [0.2, 0.25) is 5.91 Å². The van der Waals surface area contributed by atoms with E-state index in [0.29, 0.717) is 13.1 Å². The summed E-state index contributed by atoms with van der Waals surface area (Å²) in [6.07, 6.45) is 1.89. The maximum atomic E-state index is 10.9. The highest BCUT2D eigenvalue weighted by atomic mass is 16.4. The molecule has 1 aliphatic rings. The average Bonchev–Trinajstić information content (AvgIpc) is 2.04. The van der Waals surface area contributed by atoms with Crippen molar-refractivity contribution in [1.82, 2.24) is 4.90 Å². The van der Waals surface area contributed by atoms with Crippen molar-refractivity contribution in [3.8, 4) is 0 Å². The molecule has 0 unspecified atom stereocenters. The number of carboxylic acids is 1. The number of carbonyl (C=O) groups excluding carboxylic acids is 1. The molecule has 1 saturated heterocycles. The van der Waals surface area contributed by atoms with Gasteiger partial charge in [-0.2, -0.15) is 0 Å². The molecule has 4 heteroatoms. The van der Waals surface area contributed by atoms with Gasteiger partial charge >= 0.3 is 5.97 Å². The molecule has 0 aliphatic carbocycles. The van der Waals surface area contributed by atoms with Crippen molar-refractivity contribution in [3.05, 3.63) is 0 Å². The summed E-state index contributed by atoms with van der Waals surface area (Å²) >= 11 is 0. The quantitative estimate of drug-likeness (QED) is 0.689. The Morgan fingerprint density at radius 2 is 1.92 bits per heavy atom. The van der Waals surface area contributed by atoms with Crippen LogP contribution in [0.25, 0.3) is 0 Å². The third-order valence-electron chi connectivity index (χ3n) is 2.52. The number of amides is 1. The van der Waals surface area contributed by atoms with Crippen molar-refractivity contribution in [2.24, 2.45) is 5.92 Å². The zero-order chi connectivity index (χ0) is 9.84.